The molecule has 1 N–H and O–H groups in total. The van der Waals surface area contributed by atoms with Crippen molar-refractivity contribution >= 4 is 10.0 Å². The molecule has 0 fully saturated rings. The van der Waals surface area contributed by atoms with Gasteiger partial charge in [0.05, 0.1) is 5.75 Å². The molecular weight excluding hydrogens is 284 g/mol. The van der Waals surface area contributed by atoms with E-state index in [4.69, 9.17) is 0 Å². The van der Waals surface area contributed by atoms with Gasteiger partial charge in [-0.2, -0.15) is 4.31 Å². The third-order valence-corrected chi connectivity index (χ3v) is 5.53. The number of hydrogen-bond donors (Lipinski definition) is 1. The van der Waals surface area contributed by atoms with Crippen molar-refractivity contribution in [3.63, 3.8) is 0 Å². The lowest BCUT2D eigenvalue weighted by Crippen LogP contribution is -2.35. The van der Waals surface area contributed by atoms with Gasteiger partial charge in [0.2, 0.25) is 10.0 Å². The fourth-order valence-electron chi connectivity index (χ4n) is 2.41. The molecule has 0 atom stereocenters. The van der Waals surface area contributed by atoms with E-state index in [9.17, 15) is 8.42 Å². The smallest absolute Gasteiger partial charge is 0.218 e. The summed E-state index contributed by atoms with van der Waals surface area (Å²) in [6.07, 6.45) is 2.84. The molecule has 116 valence electrons. The number of rotatable bonds is 6. The predicted octanol–water partition coefficient (Wildman–Crippen LogP) is 2.28. The Kier molecular flexibility index (Phi) is 5.56. The van der Waals surface area contributed by atoms with Crippen molar-refractivity contribution in [2.24, 2.45) is 0 Å². The summed E-state index contributed by atoms with van der Waals surface area (Å²) in [4.78, 5) is 0. The summed E-state index contributed by atoms with van der Waals surface area (Å²) in [6.45, 7) is 6.89. The van der Waals surface area contributed by atoms with Gasteiger partial charge in [0.15, 0.2) is 0 Å². The fourth-order valence-corrected chi connectivity index (χ4v) is 3.86. The van der Waals surface area contributed by atoms with E-state index in [-0.39, 0.29) is 5.75 Å². The molecular formula is C16H24N2O2S. The molecule has 0 aromatic heterocycles. The van der Waals surface area contributed by atoms with Crippen molar-refractivity contribution in [2.75, 3.05) is 19.6 Å². The molecule has 0 bridgehead atoms. The molecule has 0 aliphatic carbocycles. The summed E-state index contributed by atoms with van der Waals surface area (Å²) in [5.41, 5.74) is 3.25. The Bertz CT molecular complexity index is 608. The molecule has 0 saturated heterocycles. The van der Waals surface area contributed by atoms with E-state index in [0.29, 0.717) is 13.1 Å². The lowest BCUT2D eigenvalue weighted by molar-refractivity contribution is 0.430. The van der Waals surface area contributed by atoms with E-state index >= 15 is 0 Å². The summed E-state index contributed by atoms with van der Waals surface area (Å²) < 4.78 is 26.5. The third kappa shape index (κ3) is 4.66. The second kappa shape index (κ2) is 7.20. The van der Waals surface area contributed by atoms with Crippen LogP contribution in [0.15, 0.2) is 35.9 Å². The highest BCUT2D eigenvalue weighted by atomic mass is 32.2. The fraction of sp³-hybridized carbons (Fsp3) is 0.500. The predicted molar refractivity (Wildman–Crippen MR) is 86.4 cm³/mol. The molecule has 2 rings (SSSR count). The number of nitrogens with one attached hydrogen (secondary N) is 1. The van der Waals surface area contributed by atoms with Crippen LogP contribution in [0.3, 0.4) is 0 Å². The van der Waals surface area contributed by atoms with Gasteiger partial charge < -0.3 is 5.32 Å². The van der Waals surface area contributed by atoms with E-state index in [1.807, 2.05) is 37.3 Å². The first-order valence-corrected chi connectivity index (χ1v) is 9.04. The molecule has 4 nitrogen and oxygen atoms in total. The van der Waals surface area contributed by atoms with E-state index in [2.05, 4.69) is 12.2 Å². The van der Waals surface area contributed by atoms with Gasteiger partial charge in [0.1, 0.15) is 0 Å². The summed E-state index contributed by atoms with van der Waals surface area (Å²) in [7, 11) is -3.23. The van der Waals surface area contributed by atoms with Crippen LogP contribution in [0.2, 0.25) is 0 Å². The maximum atomic E-state index is 12.5. The average Bonchev–Trinajstić information content (AvgIpc) is 2.45. The van der Waals surface area contributed by atoms with Crippen molar-refractivity contribution < 1.29 is 8.42 Å². The first-order valence-electron chi connectivity index (χ1n) is 7.43. The molecule has 1 aromatic rings. The minimum atomic E-state index is -3.23. The summed E-state index contributed by atoms with van der Waals surface area (Å²) >= 11 is 0. The highest BCUT2D eigenvalue weighted by molar-refractivity contribution is 7.88. The lowest BCUT2D eigenvalue weighted by atomic mass is 10.1. The second-order valence-electron chi connectivity index (χ2n) is 5.51. The van der Waals surface area contributed by atoms with E-state index < -0.39 is 10.0 Å². The van der Waals surface area contributed by atoms with Crippen LogP contribution in [-0.2, 0) is 22.3 Å². The van der Waals surface area contributed by atoms with E-state index in [1.165, 1.54) is 5.57 Å². The van der Waals surface area contributed by atoms with Crippen LogP contribution in [0.5, 0.6) is 0 Å². The van der Waals surface area contributed by atoms with Gasteiger partial charge >= 0.3 is 0 Å². The van der Waals surface area contributed by atoms with Crippen molar-refractivity contribution in [1.82, 2.24) is 9.62 Å². The number of nitrogens with zero attached hydrogens (tertiary/aromatic N) is 1. The highest BCUT2D eigenvalue weighted by Gasteiger charge is 2.23. The Morgan fingerprint density at radius 3 is 2.71 bits per heavy atom. The van der Waals surface area contributed by atoms with Crippen molar-refractivity contribution in [3.8, 4) is 0 Å². The maximum Gasteiger partial charge on any atom is 0.218 e. The van der Waals surface area contributed by atoms with Gasteiger partial charge in [0, 0.05) is 19.6 Å². The Labute approximate surface area is 127 Å². The summed E-state index contributed by atoms with van der Waals surface area (Å²) in [5, 5.41) is 3.26. The highest BCUT2D eigenvalue weighted by Crippen LogP contribution is 2.17. The van der Waals surface area contributed by atoms with E-state index in [0.717, 1.165) is 30.6 Å². The Balaban J connectivity index is 2.06. The van der Waals surface area contributed by atoms with Gasteiger partial charge in [-0.05, 0) is 31.0 Å². The zero-order valence-corrected chi connectivity index (χ0v) is 13.6. The monoisotopic (exact) mass is 308 g/mol. The molecule has 21 heavy (non-hydrogen) atoms. The number of hydrogen-bond acceptors (Lipinski definition) is 3. The van der Waals surface area contributed by atoms with Gasteiger partial charge in [-0.3, -0.25) is 0 Å². The van der Waals surface area contributed by atoms with Crippen LogP contribution in [0.4, 0.5) is 0 Å². The topological polar surface area (TPSA) is 49.4 Å². The van der Waals surface area contributed by atoms with Crippen LogP contribution in [0, 0.1) is 0 Å². The molecule has 1 aliphatic heterocycles. The molecule has 0 radical (unpaired) electrons. The SMILES string of the molecule is CCNCc1cccc(CS(=O)(=O)N2CC=C(C)CC2)c1. The zero-order chi connectivity index (χ0) is 15.3. The van der Waals surface area contributed by atoms with Crippen LogP contribution in [0.1, 0.15) is 31.4 Å². The van der Waals surface area contributed by atoms with E-state index in [1.54, 1.807) is 4.31 Å². The van der Waals surface area contributed by atoms with Gasteiger partial charge in [-0.1, -0.05) is 42.8 Å². The molecule has 1 aromatic carbocycles. The molecule has 0 saturated carbocycles. The van der Waals surface area contributed by atoms with Crippen LogP contribution < -0.4 is 5.32 Å². The van der Waals surface area contributed by atoms with Crippen molar-refractivity contribution in [1.29, 1.82) is 0 Å². The molecule has 0 unspecified atom stereocenters. The summed E-state index contributed by atoms with van der Waals surface area (Å²) in [5.74, 6) is 0.0832. The van der Waals surface area contributed by atoms with Gasteiger partial charge in [-0.15, -0.1) is 0 Å². The standard InChI is InChI=1S/C16H24N2O2S/c1-3-17-12-15-5-4-6-16(11-15)13-21(19,20)18-9-7-14(2)8-10-18/h4-7,11,17H,3,8-10,12-13H2,1-2H3. The zero-order valence-electron chi connectivity index (χ0n) is 12.8. The molecule has 1 aliphatic rings. The Hall–Kier alpha value is -1.17. The normalized spacial score (nSPS) is 16.8. The number of sulfonamides is 1. The lowest BCUT2D eigenvalue weighted by Gasteiger charge is -2.24. The molecule has 5 heteroatoms. The van der Waals surface area contributed by atoms with Gasteiger partial charge in [-0.25, -0.2) is 8.42 Å². The Morgan fingerprint density at radius 1 is 1.29 bits per heavy atom. The van der Waals surface area contributed by atoms with Crippen LogP contribution >= 0.6 is 0 Å². The molecule has 0 amide bonds. The summed E-state index contributed by atoms with van der Waals surface area (Å²) in [6, 6.07) is 7.81. The quantitative estimate of drug-likeness (QED) is 0.820. The van der Waals surface area contributed by atoms with Gasteiger partial charge in [0.25, 0.3) is 0 Å². The molecule has 0 spiro atoms. The molecule has 1 heterocycles. The first-order chi connectivity index (χ1) is 10.0. The Morgan fingerprint density at radius 2 is 2.05 bits per heavy atom. The third-order valence-electron chi connectivity index (χ3n) is 3.71. The van der Waals surface area contributed by atoms with Crippen LogP contribution in [0.25, 0.3) is 0 Å². The van der Waals surface area contributed by atoms with Crippen LogP contribution in [-0.4, -0.2) is 32.4 Å². The maximum absolute atomic E-state index is 12.5. The average molecular weight is 308 g/mol. The number of benzene rings is 1. The first kappa shape index (κ1) is 16.2. The largest absolute Gasteiger partial charge is 0.313 e. The van der Waals surface area contributed by atoms with Crippen molar-refractivity contribution in [2.45, 2.75) is 32.6 Å². The minimum Gasteiger partial charge on any atom is -0.313 e. The van der Waals surface area contributed by atoms with Crippen molar-refractivity contribution in [3.05, 3.63) is 47.0 Å². The second-order valence-corrected chi connectivity index (χ2v) is 7.48. The minimum absolute atomic E-state index is 0.0832.